The van der Waals surface area contributed by atoms with Gasteiger partial charge in [-0.3, -0.25) is 9.59 Å². The van der Waals surface area contributed by atoms with E-state index >= 15 is 0 Å². The number of nitrogens with zero attached hydrogens (tertiary/aromatic N) is 1. The molecule has 0 saturated carbocycles. The maximum absolute atomic E-state index is 12.5. The van der Waals surface area contributed by atoms with Crippen molar-refractivity contribution in [1.29, 1.82) is 0 Å². The number of amides is 2. The maximum Gasteiger partial charge on any atom is 0.224 e. The Morgan fingerprint density at radius 1 is 1.07 bits per heavy atom. The van der Waals surface area contributed by atoms with E-state index in [0.29, 0.717) is 32.7 Å². The Balaban J connectivity index is 1.66. The lowest BCUT2D eigenvalue weighted by atomic mass is 9.86. The molecule has 1 heterocycles. The number of benzene rings is 2. The first kappa shape index (κ1) is 20.1. The molecule has 1 unspecified atom stereocenters. The van der Waals surface area contributed by atoms with Crippen molar-refractivity contribution in [2.24, 2.45) is 0 Å². The highest BCUT2D eigenvalue weighted by Crippen LogP contribution is 2.30. The van der Waals surface area contributed by atoms with Crippen LogP contribution in [0.15, 0.2) is 60.7 Å². The third kappa shape index (κ3) is 5.67. The van der Waals surface area contributed by atoms with Crippen LogP contribution in [0.2, 0.25) is 0 Å². The fourth-order valence-electron chi connectivity index (χ4n) is 3.69. The SMILES string of the molecule is CC(=O)NCCC(=O)N1CCOC(CC(c2ccccc2)c2ccccc2)C1. The molecule has 0 radical (unpaired) electrons. The van der Waals surface area contributed by atoms with Crippen molar-refractivity contribution < 1.29 is 14.3 Å². The number of hydrogen-bond acceptors (Lipinski definition) is 3. The predicted octanol–water partition coefficient (Wildman–Crippen LogP) is 2.96. The van der Waals surface area contributed by atoms with Crippen LogP contribution in [-0.2, 0) is 14.3 Å². The van der Waals surface area contributed by atoms with Crippen molar-refractivity contribution in [3.8, 4) is 0 Å². The average molecular weight is 380 g/mol. The molecule has 1 fully saturated rings. The summed E-state index contributed by atoms with van der Waals surface area (Å²) in [6, 6.07) is 20.9. The van der Waals surface area contributed by atoms with Gasteiger partial charge in [-0.15, -0.1) is 0 Å². The summed E-state index contributed by atoms with van der Waals surface area (Å²) in [5.74, 6) is 0.182. The summed E-state index contributed by atoms with van der Waals surface area (Å²) in [5.41, 5.74) is 2.51. The first-order valence-corrected chi connectivity index (χ1v) is 9.87. The summed E-state index contributed by atoms with van der Waals surface area (Å²) in [6.07, 6.45) is 1.14. The highest BCUT2D eigenvalue weighted by molar-refractivity contribution is 5.78. The molecule has 2 aromatic carbocycles. The number of carbonyl (C=O) groups excluding carboxylic acids is 2. The molecule has 1 saturated heterocycles. The number of ether oxygens (including phenoxy) is 1. The molecule has 5 heteroatoms. The number of morpholine rings is 1. The zero-order chi connectivity index (χ0) is 19.8. The molecule has 2 aromatic rings. The predicted molar refractivity (Wildman–Crippen MR) is 109 cm³/mol. The van der Waals surface area contributed by atoms with Gasteiger partial charge in [0.15, 0.2) is 0 Å². The van der Waals surface area contributed by atoms with Gasteiger partial charge in [0.25, 0.3) is 0 Å². The van der Waals surface area contributed by atoms with Crippen LogP contribution < -0.4 is 5.32 Å². The minimum atomic E-state index is -0.110. The van der Waals surface area contributed by atoms with Gasteiger partial charge in [-0.05, 0) is 17.5 Å². The van der Waals surface area contributed by atoms with E-state index in [1.54, 1.807) is 0 Å². The topological polar surface area (TPSA) is 58.6 Å². The van der Waals surface area contributed by atoms with Gasteiger partial charge in [0.2, 0.25) is 11.8 Å². The van der Waals surface area contributed by atoms with E-state index in [1.165, 1.54) is 18.1 Å². The zero-order valence-electron chi connectivity index (χ0n) is 16.3. The molecule has 1 atom stereocenters. The fourth-order valence-corrected chi connectivity index (χ4v) is 3.69. The van der Waals surface area contributed by atoms with E-state index in [2.05, 4.69) is 53.8 Å². The molecular formula is C23H28N2O3. The molecular weight excluding hydrogens is 352 g/mol. The first-order valence-electron chi connectivity index (χ1n) is 9.87. The Morgan fingerprint density at radius 3 is 2.25 bits per heavy atom. The number of hydrogen-bond donors (Lipinski definition) is 1. The Morgan fingerprint density at radius 2 is 1.68 bits per heavy atom. The molecule has 148 valence electrons. The smallest absolute Gasteiger partial charge is 0.224 e. The molecule has 0 aliphatic carbocycles. The van der Waals surface area contributed by atoms with Crippen molar-refractivity contribution in [3.63, 3.8) is 0 Å². The van der Waals surface area contributed by atoms with Crippen LogP contribution >= 0.6 is 0 Å². The third-order valence-electron chi connectivity index (χ3n) is 5.11. The zero-order valence-corrected chi connectivity index (χ0v) is 16.3. The molecule has 1 aliphatic rings. The molecule has 5 nitrogen and oxygen atoms in total. The van der Waals surface area contributed by atoms with Gasteiger partial charge in [0.05, 0.1) is 12.7 Å². The van der Waals surface area contributed by atoms with Crippen molar-refractivity contribution in [1.82, 2.24) is 10.2 Å². The quantitative estimate of drug-likeness (QED) is 0.803. The van der Waals surface area contributed by atoms with Crippen molar-refractivity contribution in [3.05, 3.63) is 71.8 Å². The number of rotatable bonds is 7. The molecule has 0 aromatic heterocycles. The van der Waals surface area contributed by atoms with Gasteiger partial charge in [-0.1, -0.05) is 60.7 Å². The summed E-state index contributed by atoms with van der Waals surface area (Å²) in [7, 11) is 0. The largest absolute Gasteiger partial charge is 0.375 e. The summed E-state index contributed by atoms with van der Waals surface area (Å²) in [5, 5.41) is 2.68. The minimum absolute atomic E-state index is 0.0103. The summed E-state index contributed by atoms with van der Waals surface area (Å²) >= 11 is 0. The highest BCUT2D eigenvalue weighted by atomic mass is 16.5. The van der Waals surface area contributed by atoms with Gasteiger partial charge in [-0.2, -0.15) is 0 Å². The lowest BCUT2D eigenvalue weighted by molar-refractivity contribution is -0.139. The molecule has 2 amide bonds. The Kier molecular flexibility index (Phi) is 7.20. The van der Waals surface area contributed by atoms with Crippen LogP contribution in [0.4, 0.5) is 0 Å². The monoisotopic (exact) mass is 380 g/mol. The molecule has 0 bridgehead atoms. The first-order chi connectivity index (χ1) is 13.6. The summed E-state index contributed by atoms with van der Waals surface area (Å²) < 4.78 is 6.01. The van der Waals surface area contributed by atoms with Crippen molar-refractivity contribution in [2.75, 3.05) is 26.2 Å². The third-order valence-corrected chi connectivity index (χ3v) is 5.11. The molecule has 0 spiro atoms. The van der Waals surface area contributed by atoms with E-state index < -0.39 is 0 Å². The lowest BCUT2D eigenvalue weighted by Gasteiger charge is -2.35. The van der Waals surface area contributed by atoms with Gasteiger partial charge in [-0.25, -0.2) is 0 Å². The number of nitrogens with one attached hydrogen (secondary N) is 1. The van der Waals surface area contributed by atoms with Gasteiger partial charge < -0.3 is 15.0 Å². The number of carbonyl (C=O) groups is 2. The molecule has 28 heavy (non-hydrogen) atoms. The van der Waals surface area contributed by atoms with Crippen LogP contribution in [0.5, 0.6) is 0 Å². The van der Waals surface area contributed by atoms with E-state index in [1.807, 2.05) is 17.0 Å². The van der Waals surface area contributed by atoms with Crippen LogP contribution in [-0.4, -0.2) is 49.1 Å². The Bertz CT molecular complexity index is 724. The Hall–Kier alpha value is -2.66. The molecule has 1 aliphatic heterocycles. The van der Waals surface area contributed by atoms with Gasteiger partial charge >= 0.3 is 0 Å². The standard InChI is InChI=1S/C23H28N2O3/c1-18(26)24-13-12-23(27)25-14-15-28-21(17-25)16-22(19-8-4-2-5-9-19)20-10-6-3-7-11-20/h2-11,21-22H,12-17H2,1H3,(H,24,26). The fraction of sp³-hybridized carbons (Fsp3) is 0.391. The van der Waals surface area contributed by atoms with E-state index in [0.717, 1.165) is 6.42 Å². The normalized spacial score (nSPS) is 16.8. The van der Waals surface area contributed by atoms with Crippen LogP contribution in [0.1, 0.15) is 36.8 Å². The molecule has 3 rings (SSSR count). The van der Waals surface area contributed by atoms with Crippen molar-refractivity contribution >= 4 is 11.8 Å². The van der Waals surface area contributed by atoms with E-state index in [9.17, 15) is 9.59 Å². The van der Waals surface area contributed by atoms with Crippen LogP contribution in [0.3, 0.4) is 0 Å². The van der Waals surface area contributed by atoms with Crippen LogP contribution in [0, 0.1) is 0 Å². The van der Waals surface area contributed by atoms with Gasteiger partial charge in [0.1, 0.15) is 0 Å². The second-order valence-electron chi connectivity index (χ2n) is 7.18. The second kappa shape index (κ2) is 10.0. The second-order valence-corrected chi connectivity index (χ2v) is 7.18. The van der Waals surface area contributed by atoms with Crippen molar-refractivity contribution in [2.45, 2.75) is 31.8 Å². The summed E-state index contributed by atoms with van der Waals surface area (Å²) in [6.45, 7) is 3.59. The maximum atomic E-state index is 12.5. The van der Waals surface area contributed by atoms with Crippen LogP contribution in [0.25, 0.3) is 0 Å². The molecule has 1 N–H and O–H groups in total. The summed E-state index contributed by atoms with van der Waals surface area (Å²) in [4.78, 5) is 25.3. The minimum Gasteiger partial charge on any atom is -0.375 e. The average Bonchev–Trinajstić information content (AvgIpc) is 2.73. The van der Waals surface area contributed by atoms with E-state index in [-0.39, 0.29) is 23.8 Å². The van der Waals surface area contributed by atoms with Gasteiger partial charge in [0, 0.05) is 38.9 Å². The Labute approximate surface area is 166 Å². The highest BCUT2D eigenvalue weighted by Gasteiger charge is 2.27. The van der Waals surface area contributed by atoms with E-state index in [4.69, 9.17) is 4.74 Å². The lowest BCUT2D eigenvalue weighted by Crippen LogP contribution is -2.46.